The fourth-order valence-electron chi connectivity index (χ4n) is 3.07. The third-order valence-corrected chi connectivity index (χ3v) is 7.70. The molecule has 0 spiro atoms. The highest BCUT2D eigenvalue weighted by atomic mass is 35.5. The van der Waals surface area contributed by atoms with Gasteiger partial charge < -0.3 is 10.2 Å². The molecule has 0 radical (unpaired) electrons. The first-order valence-corrected chi connectivity index (χ1v) is 11.6. The quantitative estimate of drug-likeness (QED) is 0.684. The van der Waals surface area contributed by atoms with Gasteiger partial charge in [0.05, 0.1) is 20.8 Å². The smallest absolute Gasteiger partial charge is 0.244 e. The van der Waals surface area contributed by atoms with Crippen molar-refractivity contribution in [1.82, 2.24) is 9.21 Å². The van der Waals surface area contributed by atoms with Crippen LogP contribution in [0, 0.1) is 0 Å². The Hall–Kier alpha value is -1.35. The van der Waals surface area contributed by atoms with E-state index in [1.165, 1.54) is 10.4 Å². The van der Waals surface area contributed by atoms with Crippen molar-refractivity contribution in [2.45, 2.75) is 11.3 Å². The van der Waals surface area contributed by atoms with Crippen LogP contribution in [0.15, 0.2) is 47.4 Å². The lowest BCUT2D eigenvalue weighted by atomic mass is 10.2. The van der Waals surface area contributed by atoms with Gasteiger partial charge in [0.1, 0.15) is 4.90 Å². The van der Waals surface area contributed by atoms with Gasteiger partial charge in [-0.05, 0) is 24.3 Å². The molecule has 2 aromatic carbocycles. The SMILES string of the molecule is O=C(CCN1CCN(S(=O)(=O)c2ccccc2Cl)CC1)Nc1c(Cl)cccc1Cl. The van der Waals surface area contributed by atoms with Gasteiger partial charge in [0, 0.05) is 39.1 Å². The topological polar surface area (TPSA) is 69.7 Å². The standard InChI is InChI=1S/C19H20Cl3N3O3S/c20-14-4-1-2-7-17(14)29(27,28)25-12-10-24(11-13-25)9-8-18(26)23-19-15(21)5-3-6-16(19)22/h1-7H,8-13H2,(H,23,26). The average molecular weight is 477 g/mol. The van der Waals surface area contributed by atoms with Gasteiger partial charge in [-0.15, -0.1) is 0 Å². The molecule has 1 aliphatic rings. The van der Waals surface area contributed by atoms with Crippen LogP contribution in [0.5, 0.6) is 0 Å². The van der Waals surface area contributed by atoms with Crippen LogP contribution in [-0.4, -0.2) is 56.3 Å². The summed E-state index contributed by atoms with van der Waals surface area (Å²) in [5, 5.41) is 3.70. The van der Waals surface area contributed by atoms with Crippen molar-refractivity contribution in [2.24, 2.45) is 0 Å². The predicted molar refractivity (Wildman–Crippen MR) is 116 cm³/mol. The Balaban J connectivity index is 1.51. The number of para-hydroxylation sites is 1. The maximum atomic E-state index is 12.8. The lowest BCUT2D eigenvalue weighted by molar-refractivity contribution is -0.116. The number of amides is 1. The van der Waals surface area contributed by atoms with Crippen LogP contribution in [0.25, 0.3) is 0 Å². The maximum Gasteiger partial charge on any atom is 0.244 e. The number of nitrogens with one attached hydrogen (secondary N) is 1. The Kier molecular flexibility index (Phi) is 7.42. The van der Waals surface area contributed by atoms with E-state index in [1.54, 1.807) is 36.4 Å². The van der Waals surface area contributed by atoms with Gasteiger partial charge in [-0.25, -0.2) is 8.42 Å². The number of anilines is 1. The summed E-state index contributed by atoms with van der Waals surface area (Å²) < 4.78 is 27.0. The first-order chi connectivity index (χ1) is 13.8. The van der Waals surface area contributed by atoms with E-state index in [4.69, 9.17) is 34.8 Å². The van der Waals surface area contributed by atoms with Crippen LogP contribution < -0.4 is 5.32 Å². The van der Waals surface area contributed by atoms with E-state index in [1.807, 2.05) is 4.90 Å². The van der Waals surface area contributed by atoms with Crippen LogP contribution in [0.4, 0.5) is 5.69 Å². The molecule has 0 aliphatic carbocycles. The zero-order valence-corrected chi connectivity index (χ0v) is 18.5. The number of piperazine rings is 1. The molecule has 0 aromatic heterocycles. The molecular formula is C19H20Cl3N3O3S. The summed E-state index contributed by atoms with van der Waals surface area (Å²) >= 11 is 18.2. The van der Waals surface area contributed by atoms with Gasteiger partial charge in [-0.2, -0.15) is 4.31 Å². The fourth-order valence-corrected chi connectivity index (χ4v) is 5.47. The molecule has 1 N–H and O–H groups in total. The summed E-state index contributed by atoms with van der Waals surface area (Å²) in [4.78, 5) is 14.4. The number of rotatable bonds is 6. The second-order valence-corrected chi connectivity index (χ2v) is 9.70. The Morgan fingerprint density at radius 3 is 2.10 bits per heavy atom. The van der Waals surface area contributed by atoms with Gasteiger partial charge >= 0.3 is 0 Å². The minimum Gasteiger partial charge on any atom is -0.324 e. The van der Waals surface area contributed by atoms with Crippen LogP contribution in [-0.2, 0) is 14.8 Å². The first-order valence-electron chi connectivity index (χ1n) is 9.00. The van der Waals surface area contributed by atoms with Crippen LogP contribution in [0.3, 0.4) is 0 Å². The van der Waals surface area contributed by atoms with E-state index in [0.717, 1.165) is 0 Å². The molecule has 3 rings (SSSR count). The molecule has 0 bridgehead atoms. The molecule has 6 nitrogen and oxygen atoms in total. The van der Waals surface area contributed by atoms with Crippen LogP contribution in [0.2, 0.25) is 15.1 Å². The van der Waals surface area contributed by atoms with Crippen LogP contribution >= 0.6 is 34.8 Å². The van der Waals surface area contributed by atoms with E-state index in [9.17, 15) is 13.2 Å². The van der Waals surface area contributed by atoms with Crippen molar-refractivity contribution >= 4 is 56.4 Å². The first kappa shape index (κ1) is 22.3. The third-order valence-electron chi connectivity index (χ3n) is 4.67. The number of hydrogen-bond acceptors (Lipinski definition) is 4. The molecule has 1 saturated heterocycles. The monoisotopic (exact) mass is 475 g/mol. The molecule has 2 aromatic rings. The molecule has 1 amide bonds. The Labute approximate surface area is 185 Å². The summed E-state index contributed by atoms with van der Waals surface area (Å²) in [6.45, 7) is 2.25. The van der Waals surface area contributed by atoms with Crippen molar-refractivity contribution in [1.29, 1.82) is 0 Å². The molecule has 29 heavy (non-hydrogen) atoms. The molecule has 0 unspecified atom stereocenters. The molecule has 10 heteroatoms. The van der Waals surface area contributed by atoms with Crippen molar-refractivity contribution < 1.29 is 13.2 Å². The minimum atomic E-state index is -3.63. The number of hydrogen-bond donors (Lipinski definition) is 1. The fraction of sp³-hybridized carbons (Fsp3) is 0.316. The summed E-state index contributed by atoms with van der Waals surface area (Å²) in [5.74, 6) is -0.203. The van der Waals surface area contributed by atoms with E-state index in [2.05, 4.69) is 5.32 Å². The maximum absolute atomic E-state index is 12.8. The molecular weight excluding hydrogens is 457 g/mol. The van der Waals surface area contributed by atoms with Crippen LogP contribution in [0.1, 0.15) is 6.42 Å². The number of carbonyl (C=O) groups is 1. The van der Waals surface area contributed by atoms with Gasteiger partial charge in [0.2, 0.25) is 15.9 Å². The normalized spacial score (nSPS) is 16.0. The number of benzene rings is 2. The second-order valence-electron chi connectivity index (χ2n) is 6.57. The lowest BCUT2D eigenvalue weighted by Crippen LogP contribution is -2.49. The van der Waals surface area contributed by atoms with E-state index in [0.29, 0.717) is 48.5 Å². The zero-order valence-electron chi connectivity index (χ0n) is 15.4. The van der Waals surface area contributed by atoms with Crippen molar-refractivity contribution in [3.8, 4) is 0 Å². The highest BCUT2D eigenvalue weighted by molar-refractivity contribution is 7.89. The van der Waals surface area contributed by atoms with Crippen molar-refractivity contribution in [2.75, 3.05) is 38.0 Å². The largest absolute Gasteiger partial charge is 0.324 e. The summed E-state index contributed by atoms with van der Waals surface area (Å²) in [5.41, 5.74) is 0.400. The predicted octanol–water partition coefficient (Wildman–Crippen LogP) is 3.98. The number of carbonyl (C=O) groups excluding carboxylic acids is 1. The highest BCUT2D eigenvalue weighted by Gasteiger charge is 2.29. The van der Waals surface area contributed by atoms with E-state index in [-0.39, 0.29) is 22.2 Å². The number of halogens is 3. The molecule has 1 fully saturated rings. The minimum absolute atomic E-state index is 0.117. The number of sulfonamides is 1. The Bertz CT molecular complexity index is 973. The van der Waals surface area contributed by atoms with Gasteiger partial charge in [0.25, 0.3) is 0 Å². The van der Waals surface area contributed by atoms with E-state index >= 15 is 0 Å². The van der Waals surface area contributed by atoms with E-state index < -0.39 is 10.0 Å². The molecule has 156 valence electrons. The Morgan fingerprint density at radius 2 is 1.48 bits per heavy atom. The molecule has 0 saturated carbocycles. The summed E-state index contributed by atoms with van der Waals surface area (Å²) in [7, 11) is -3.63. The second kappa shape index (κ2) is 9.64. The zero-order chi connectivity index (χ0) is 21.0. The average Bonchev–Trinajstić information content (AvgIpc) is 2.70. The molecule has 1 heterocycles. The highest BCUT2D eigenvalue weighted by Crippen LogP contribution is 2.30. The lowest BCUT2D eigenvalue weighted by Gasteiger charge is -2.34. The summed E-state index contributed by atoms with van der Waals surface area (Å²) in [6, 6.07) is 11.4. The summed E-state index contributed by atoms with van der Waals surface area (Å²) in [6.07, 6.45) is 0.249. The molecule has 1 aliphatic heterocycles. The van der Waals surface area contributed by atoms with Gasteiger partial charge in [-0.1, -0.05) is 53.0 Å². The third kappa shape index (κ3) is 5.42. The number of nitrogens with zero attached hydrogens (tertiary/aromatic N) is 2. The van der Waals surface area contributed by atoms with Crippen molar-refractivity contribution in [3.63, 3.8) is 0 Å². The van der Waals surface area contributed by atoms with Crippen molar-refractivity contribution in [3.05, 3.63) is 57.5 Å². The van der Waals surface area contributed by atoms with Gasteiger partial charge in [0.15, 0.2) is 0 Å². The Morgan fingerprint density at radius 1 is 0.897 bits per heavy atom. The molecule has 0 atom stereocenters. The van der Waals surface area contributed by atoms with Gasteiger partial charge in [-0.3, -0.25) is 4.79 Å².